The molecule has 8 aromatic carbocycles. The van der Waals surface area contributed by atoms with E-state index in [2.05, 4.69) is 0 Å². The fourth-order valence-corrected chi connectivity index (χ4v) is 5.77. The highest BCUT2D eigenvalue weighted by Crippen LogP contribution is 2.46. The fourth-order valence-electron chi connectivity index (χ4n) is 5.77. The predicted octanol–water partition coefficient (Wildman–Crippen LogP) is 12.0. The van der Waals surface area contributed by atoms with Crippen LogP contribution in [0.3, 0.4) is 0 Å². The molecular weight excluding hydrogens is 520 g/mol. The molecule has 0 amide bonds. The highest BCUT2D eigenvalue weighted by Gasteiger charge is 2.19. The van der Waals surface area contributed by atoms with Gasteiger partial charge in [-0.05, 0) is 72.2 Å². The Kier molecular flexibility index (Phi) is 2.70. The minimum Gasteiger partial charge on any atom is -0.455 e. The van der Waals surface area contributed by atoms with Gasteiger partial charge in [-0.25, -0.2) is 0 Å². The lowest BCUT2D eigenvalue weighted by molar-refractivity contribution is 0.670. The lowest BCUT2D eigenvalue weighted by atomic mass is 9.84. The Hall–Kier alpha value is -5.66. The lowest BCUT2D eigenvalue weighted by Crippen LogP contribution is -1.91. The molecule has 0 aliphatic carbocycles. The number of benzene rings is 8. The van der Waals surface area contributed by atoms with Crippen LogP contribution in [0, 0.1) is 0 Å². The van der Waals surface area contributed by atoms with Gasteiger partial charge < -0.3 is 4.42 Å². The van der Waals surface area contributed by atoms with Gasteiger partial charge in [-0.2, -0.15) is 0 Å². The number of fused-ring (bicyclic) bond motifs is 6. The van der Waals surface area contributed by atoms with Crippen molar-refractivity contribution in [1.82, 2.24) is 0 Å². The first-order valence-corrected chi connectivity index (χ1v) is 13.3. The van der Waals surface area contributed by atoms with Gasteiger partial charge in [0, 0.05) is 16.3 Å². The third-order valence-corrected chi connectivity index (χ3v) is 7.56. The average Bonchev–Trinajstić information content (AvgIpc) is 3.66. The second-order valence-corrected chi connectivity index (χ2v) is 9.85. The summed E-state index contributed by atoms with van der Waals surface area (Å²) in [5.74, 6) is 0. The molecule has 0 saturated carbocycles. The first-order valence-electron chi connectivity index (χ1n) is 22.3. The number of hydrogen-bond donors (Lipinski definition) is 0. The van der Waals surface area contributed by atoms with Gasteiger partial charge >= 0.3 is 0 Å². The van der Waals surface area contributed by atoms with Crippen molar-refractivity contribution >= 4 is 54.3 Å². The van der Waals surface area contributed by atoms with E-state index in [4.69, 9.17) is 23.6 Å². The molecule has 0 unspecified atom stereocenters. The summed E-state index contributed by atoms with van der Waals surface area (Å²) in [5, 5.41) is 0.637. The van der Waals surface area contributed by atoms with Gasteiger partial charge in [0.05, 0.1) is 24.7 Å². The summed E-state index contributed by atoms with van der Waals surface area (Å²) in [6, 6.07) is 2.54. The van der Waals surface area contributed by atoms with E-state index in [1.165, 1.54) is 0 Å². The summed E-state index contributed by atoms with van der Waals surface area (Å²) in [4.78, 5) is 0. The van der Waals surface area contributed by atoms with Gasteiger partial charge in [0.2, 0.25) is 0 Å². The van der Waals surface area contributed by atoms with Crippen LogP contribution in [0.5, 0.6) is 0 Å². The van der Waals surface area contributed by atoms with E-state index in [9.17, 15) is 5.48 Å². The molecule has 1 heteroatoms. The van der Waals surface area contributed by atoms with Gasteiger partial charge in [-0.3, -0.25) is 0 Å². The standard InChI is InChI=1S/C42H26O/c1-2-12-28(13-3-1)31-21-11-23-37-38-26-29(24-25-39(38)43-42(31)37)40-33-17-6-8-19-35(33)41(36-20-9-7-18-34(36)40)32-22-10-15-27-14-4-5-16-30(27)32/h1-26H/i1D,2D,3D,4D,5D,10D,11D,12D,13D,14D,15D,16D,21D,22D,23D,24D,25D,26D. The van der Waals surface area contributed by atoms with E-state index >= 15 is 0 Å². The Labute approximate surface area is 274 Å². The number of para-hydroxylation sites is 1. The highest BCUT2D eigenvalue weighted by atomic mass is 16.3. The van der Waals surface area contributed by atoms with E-state index in [-0.39, 0.29) is 55.0 Å². The van der Waals surface area contributed by atoms with Crippen LogP contribution in [0.4, 0.5) is 0 Å². The minimum absolute atomic E-state index is 0.0372. The van der Waals surface area contributed by atoms with E-state index in [1.807, 2.05) is 0 Å². The molecule has 0 aliphatic rings. The summed E-state index contributed by atoms with van der Waals surface area (Å²) in [5.41, 5.74) is -1.28. The van der Waals surface area contributed by atoms with E-state index in [0.29, 0.717) is 21.5 Å². The molecule has 1 heterocycles. The molecule has 1 nitrogen and oxygen atoms in total. The lowest BCUT2D eigenvalue weighted by Gasteiger charge is -2.18. The molecule has 0 N–H and O–H groups in total. The zero-order chi connectivity index (χ0) is 44.0. The van der Waals surface area contributed by atoms with Crippen LogP contribution in [-0.4, -0.2) is 0 Å². The van der Waals surface area contributed by atoms with Crippen molar-refractivity contribution < 1.29 is 29.1 Å². The number of furan rings is 1. The Bertz CT molecular complexity index is 3420. The summed E-state index contributed by atoms with van der Waals surface area (Å²) in [7, 11) is 0. The third kappa shape index (κ3) is 3.65. The van der Waals surface area contributed by atoms with Gasteiger partial charge in [0.1, 0.15) is 11.2 Å². The van der Waals surface area contributed by atoms with Crippen LogP contribution >= 0.6 is 0 Å². The van der Waals surface area contributed by atoms with Gasteiger partial charge in [-0.15, -0.1) is 0 Å². The van der Waals surface area contributed by atoms with Crippen molar-refractivity contribution in [3.05, 3.63) is 157 Å². The van der Waals surface area contributed by atoms with Crippen LogP contribution in [0.25, 0.3) is 87.6 Å². The molecule has 9 aromatic rings. The normalized spacial score (nSPS) is 17.6. The summed E-state index contributed by atoms with van der Waals surface area (Å²) in [6.07, 6.45) is 0. The van der Waals surface area contributed by atoms with Gasteiger partial charge in [0.15, 0.2) is 0 Å². The maximum absolute atomic E-state index is 9.77. The third-order valence-electron chi connectivity index (χ3n) is 7.56. The Morgan fingerprint density at radius 2 is 1.02 bits per heavy atom. The van der Waals surface area contributed by atoms with Crippen molar-refractivity contribution in [2.24, 2.45) is 0 Å². The molecule has 9 rings (SSSR count). The van der Waals surface area contributed by atoms with Crippen molar-refractivity contribution in [3.8, 4) is 33.4 Å². The predicted molar refractivity (Wildman–Crippen MR) is 183 cm³/mol. The Morgan fingerprint density at radius 3 is 1.79 bits per heavy atom. The first-order chi connectivity index (χ1) is 28.8. The van der Waals surface area contributed by atoms with Crippen molar-refractivity contribution in [2.45, 2.75) is 0 Å². The van der Waals surface area contributed by atoms with Crippen LogP contribution in [-0.2, 0) is 0 Å². The van der Waals surface area contributed by atoms with Crippen molar-refractivity contribution in [3.63, 3.8) is 0 Å². The fraction of sp³-hybridized carbons (Fsp3) is 0. The zero-order valence-corrected chi connectivity index (χ0v) is 22.0. The highest BCUT2D eigenvalue weighted by molar-refractivity contribution is 6.24. The van der Waals surface area contributed by atoms with E-state index in [1.54, 1.807) is 48.5 Å². The Balaban J connectivity index is 1.47. The summed E-state index contributed by atoms with van der Waals surface area (Å²) < 4.78 is 164. The topological polar surface area (TPSA) is 13.1 Å². The molecular formula is C42H26O. The monoisotopic (exact) mass is 564 g/mol. The molecule has 43 heavy (non-hydrogen) atoms. The van der Waals surface area contributed by atoms with E-state index in [0.717, 1.165) is 0 Å². The second kappa shape index (κ2) is 9.44. The Morgan fingerprint density at radius 1 is 0.419 bits per heavy atom. The van der Waals surface area contributed by atoms with Crippen molar-refractivity contribution in [2.75, 3.05) is 0 Å². The molecule has 0 spiro atoms. The number of hydrogen-bond acceptors (Lipinski definition) is 1. The largest absolute Gasteiger partial charge is 0.455 e. The summed E-state index contributed by atoms with van der Waals surface area (Å²) in [6.45, 7) is 0. The smallest absolute Gasteiger partial charge is 0.143 e. The SMILES string of the molecule is [2H]c1c([2H])c([2H])c(-c2c([2H])c([2H])c([2H])c3c2oc2c([2H])c([2H])c(-c4c5ccccc5c(-c5c([2H])c([2H])c([2H])c6c([2H])c([2H])c([2H])c([2H])c56)c5ccccc45)c([2H])c23)c([2H])c1[2H]. The molecule has 200 valence electrons. The molecule has 0 saturated heterocycles. The molecule has 1 aromatic heterocycles. The minimum atomic E-state index is -0.720. The number of rotatable bonds is 3. The average molecular weight is 565 g/mol. The van der Waals surface area contributed by atoms with Gasteiger partial charge in [0.25, 0.3) is 0 Å². The van der Waals surface area contributed by atoms with E-state index < -0.39 is 120 Å². The molecule has 0 fully saturated rings. The first kappa shape index (κ1) is 12.3. The maximum Gasteiger partial charge on any atom is 0.143 e. The molecule has 0 aliphatic heterocycles. The quantitative estimate of drug-likeness (QED) is 0.195. The molecule has 0 atom stereocenters. The van der Waals surface area contributed by atoms with Crippen LogP contribution in [0.2, 0.25) is 0 Å². The van der Waals surface area contributed by atoms with Crippen molar-refractivity contribution in [1.29, 1.82) is 0 Å². The zero-order valence-electron chi connectivity index (χ0n) is 40.0. The maximum atomic E-state index is 9.77. The van der Waals surface area contributed by atoms with Crippen LogP contribution in [0.1, 0.15) is 24.7 Å². The molecule has 0 bridgehead atoms. The van der Waals surface area contributed by atoms with Crippen LogP contribution in [0.15, 0.2) is 162 Å². The molecule has 0 radical (unpaired) electrons. The van der Waals surface area contributed by atoms with Crippen LogP contribution < -0.4 is 0 Å². The van der Waals surface area contributed by atoms with Gasteiger partial charge in [-0.1, -0.05) is 145 Å². The summed E-state index contributed by atoms with van der Waals surface area (Å²) >= 11 is 0. The second-order valence-electron chi connectivity index (χ2n) is 9.85.